The Balaban J connectivity index is 3.08. The van der Waals surface area contributed by atoms with Gasteiger partial charge in [0.2, 0.25) is 0 Å². The molecule has 4 heteroatoms. The summed E-state index contributed by atoms with van der Waals surface area (Å²) in [6, 6.07) is 0. The van der Waals surface area contributed by atoms with Crippen molar-refractivity contribution in [1.29, 1.82) is 0 Å². The summed E-state index contributed by atoms with van der Waals surface area (Å²) in [5.74, 6) is 0. The standard InChI is InChI=1S/C62H126O3P/c1-3-5-6-7-8-9-10-11-12-13-14-15-16-17-18-19-20-21-22-23-24-25-26-27-28-29-30-31-32-33-34-35-36-37-38-39-40-41-42-43-44-45-46-47-48-49-50-51-52-53-54-55-56-57-58-59-60-61-62-65-66(63)64-4-2/h3-62H2,1-2H3/q+1. The molecule has 1 unspecified atom stereocenters. The Morgan fingerprint density at radius 1 is 0.197 bits per heavy atom. The maximum absolute atomic E-state index is 11.3. The van der Waals surface area contributed by atoms with Crippen molar-refractivity contribution in [2.75, 3.05) is 13.2 Å². The zero-order valence-corrected chi connectivity index (χ0v) is 47.0. The lowest BCUT2D eigenvalue weighted by Crippen LogP contribution is -1.89. The first-order valence-corrected chi connectivity index (χ1v) is 32.6. The number of unbranched alkanes of at least 4 members (excludes halogenated alkanes) is 57. The first kappa shape index (κ1) is 66.0. The van der Waals surface area contributed by atoms with Crippen LogP contribution in [0.25, 0.3) is 0 Å². The summed E-state index contributed by atoms with van der Waals surface area (Å²) in [5, 5.41) is 0. The van der Waals surface area contributed by atoms with E-state index >= 15 is 0 Å². The first-order valence-electron chi connectivity index (χ1n) is 31.5. The van der Waals surface area contributed by atoms with Crippen molar-refractivity contribution in [3.8, 4) is 0 Å². The first-order chi connectivity index (χ1) is 32.8. The Morgan fingerprint density at radius 2 is 0.333 bits per heavy atom. The summed E-state index contributed by atoms with van der Waals surface area (Å²) in [7, 11) is -1.89. The lowest BCUT2D eigenvalue weighted by Gasteiger charge is -2.05. The van der Waals surface area contributed by atoms with Crippen LogP contribution in [0.2, 0.25) is 0 Å². The molecule has 0 aromatic heterocycles. The van der Waals surface area contributed by atoms with Gasteiger partial charge in [-0.25, -0.2) is 0 Å². The van der Waals surface area contributed by atoms with Crippen LogP contribution in [0.5, 0.6) is 0 Å². The molecule has 0 aliphatic rings. The maximum Gasteiger partial charge on any atom is 0.697 e. The molecule has 0 saturated heterocycles. The van der Waals surface area contributed by atoms with Crippen molar-refractivity contribution < 1.29 is 13.6 Å². The number of hydrogen-bond acceptors (Lipinski definition) is 3. The summed E-state index contributed by atoms with van der Waals surface area (Å²) in [6.07, 6.45) is 84.4. The molecule has 66 heavy (non-hydrogen) atoms. The van der Waals surface area contributed by atoms with Gasteiger partial charge >= 0.3 is 8.25 Å². The van der Waals surface area contributed by atoms with Crippen LogP contribution < -0.4 is 0 Å². The molecular weight excluding hydrogens is 824 g/mol. The predicted octanol–water partition coefficient (Wildman–Crippen LogP) is 24.3. The smallest absolute Gasteiger partial charge is 0.119 e. The van der Waals surface area contributed by atoms with Crippen LogP contribution >= 0.6 is 8.25 Å². The van der Waals surface area contributed by atoms with E-state index in [9.17, 15) is 4.57 Å². The fourth-order valence-electron chi connectivity index (χ4n) is 10.4. The Hall–Kier alpha value is 0.0200. The van der Waals surface area contributed by atoms with Crippen LogP contribution in [-0.2, 0) is 13.6 Å². The minimum atomic E-state index is -1.89. The molecule has 0 aromatic rings. The zero-order chi connectivity index (χ0) is 47.4. The van der Waals surface area contributed by atoms with Crippen molar-refractivity contribution in [2.24, 2.45) is 0 Å². The summed E-state index contributed by atoms with van der Waals surface area (Å²) in [6.45, 7) is 5.17. The van der Waals surface area contributed by atoms with Crippen molar-refractivity contribution in [1.82, 2.24) is 0 Å². The monoisotopic (exact) mass is 950 g/mol. The average Bonchev–Trinajstić information content (AvgIpc) is 3.32. The van der Waals surface area contributed by atoms with Gasteiger partial charge in [0.15, 0.2) is 0 Å². The molecule has 3 nitrogen and oxygen atoms in total. The van der Waals surface area contributed by atoms with Crippen LogP contribution in [0.1, 0.15) is 386 Å². The van der Waals surface area contributed by atoms with E-state index in [1.54, 1.807) is 0 Å². The molecule has 0 radical (unpaired) electrons. The van der Waals surface area contributed by atoms with Gasteiger partial charge in [-0.1, -0.05) is 373 Å². The molecule has 0 rings (SSSR count). The van der Waals surface area contributed by atoms with Gasteiger partial charge in [-0.3, -0.25) is 0 Å². The highest BCUT2D eigenvalue weighted by atomic mass is 31.1. The Kier molecular flexibility index (Phi) is 63.1. The molecule has 0 aliphatic carbocycles. The van der Waals surface area contributed by atoms with Gasteiger partial charge in [0.1, 0.15) is 13.2 Å². The molecule has 0 aromatic carbocycles. The number of hydrogen-bond donors (Lipinski definition) is 0. The van der Waals surface area contributed by atoms with E-state index in [1.807, 2.05) is 6.92 Å². The zero-order valence-electron chi connectivity index (χ0n) is 46.1. The van der Waals surface area contributed by atoms with E-state index in [2.05, 4.69) is 6.92 Å². The lowest BCUT2D eigenvalue weighted by atomic mass is 10.0. The molecule has 0 aliphatic heterocycles. The van der Waals surface area contributed by atoms with Gasteiger partial charge < -0.3 is 0 Å². The summed E-state index contributed by atoms with van der Waals surface area (Å²) in [5.41, 5.74) is 0. The highest BCUT2D eigenvalue weighted by Crippen LogP contribution is 2.24. The molecule has 1 atom stereocenters. The largest absolute Gasteiger partial charge is 0.697 e. The van der Waals surface area contributed by atoms with E-state index in [4.69, 9.17) is 9.05 Å². The summed E-state index contributed by atoms with van der Waals surface area (Å²) in [4.78, 5) is 0. The second kappa shape index (κ2) is 63.0. The fraction of sp³-hybridized carbons (Fsp3) is 1.00. The van der Waals surface area contributed by atoms with Gasteiger partial charge in [0.25, 0.3) is 0 Å². The Labute approximate surface area is 419 Å². The van der Waals surface area contributed by atoms with E-state index in [1.165, 1.54) is 366 Å². The summed E-state index contributed by atoms with van der Waals surface area (Å²) >= 11 is 0. The molecule has 0 N–H and O–H groups in total. The second-order valence-corrected chi connectivity index (χ2v) is 22.6. The van der Waals surface area contributed by atoms with Crippen molar-refractivity contribution in [3.63, 3.8) is 0 Å². The van der Waals surface area contributed by atoms with Gasteiger partial charge in [0.05, 0.1) is 0 Å². The van der Waals surface area contributed by atoms with E-state index < -0.39 is 8.25 Å². The molecule has 0 heterocycles. The third-order valence-electron chi connectivity index (χ3n) is 14.9. The molecule has 0 bridgehead atoms. The van der Waals surface area contributed by atoms with Crippen molar-refractivity contribution in [2.45, 2.75) is 386 Å². The minimum absolute atomic E-state index is 0.453. The minimum Gasteiger partial charge on any atom is -0.119 e. The molecule has 0 fully saturated rings. The normalized spacial score (nSPS) is 11.9. The second-order valence-electron chi connectivity index (χ2n) is 21.6. The number of rotatable bonds is 62. The Bertz CT molecular complexity index is 849. The predicted molar refractivity (Wildman–Crippen MR) is 299 cm³/mol. The SMILES string of the molecule is CCCCCCCCCCCCCCCCCCCCCCCCCCCCCCCCCCCCCCCCCCCCCCCCCCCCCCCCCCCCO[P+](=O)OCC. The molecule has 0 spiro atoms. The third kappa shape index (κ3) is 62.0. The topological polar surface area (TPSA) is 35.5 Å². The van der Waals surface area contributed by atoms with E-state index in [0.29, 0.717) is 13.2 Å². The molecule has 396 valence electrons. The van der Waals surface area contributed by atoms with Crippen molar-refractivity contribution in [3.05, 3.63) is 0 Å². The quantitative estimate of drug-likeness (QED) is 0.0450. The van der Waals surface area contributed by atoms with E-state index in [-0.39, 0.29) is 0 Å². The molecule has 0 saturated carbocycles. The van der Waals surface area contributed by atoms with Crippen molar-refractivity contribution >= 4 is 8.25 Å². The van der Waals surface area contributed by atoms with Crippen LogP contribution in [0.3, 0.4) is 0 Å². The van der Waals surface area contributed by atoms with Crippen LogP contribution in [0, 0.1) is 0 Å². The van der Waals surface area contributed by atoms with Crippen LogP contribution in [0.4, 0.5) is 0 Å². The molecule has 0 amide bonds. The van der Waals surface area contributed by atoms with E-state index in [0.717, 1.165) is 6.42 Å². The van der Waals surface area contributed by atoms with Gasteiger partial charge in [0, 0.05) is 4.57 Å². The lowest BCUT2D eigenvalue weighted by molar-refractivity contribution is 0.229. The maximum atomic E-state index is 11.3. The van der Waals surface area contributed by atoms with Crippen LogP contribution in [0.15, 0.2) is 0 Å². The third-order valence-corrected chi connectivity index (χ3v) is 15.8. The van der Waals surface area contributed by atoms with Gasteiger partial charge in [-0.2, -0.15) is 0 Å². The van der Waals surface area contributed by atoms with Gasteiger partial charge in [-0.15, -0.1) is 9.05 Å². The van der Waals surface area contributed by atoms with Gasteiger partial charge in [-0.05, 0) is 13.3 Å². The molecular formula is C62H126O3P+. The van der Waals surface area contributed by atoms with Crippen LogP contribution in [-0.4, -0.2) is 13.2 Å². The Morgan fingerprint density at radius 3 is 0.470 bits per heavy atom. The fourth-order valence-corrected chi connectivity index (χ4v) is 10.9. The summed E-state index contributed by atoms with van der Waals surface area (Å²) < 4.78 is 21.4. The average molecular weight is 951 g/mol. The highest BCUT2D eigenvalue weighted by molar-refractivity contribution is 7.33. The highest BCUT2D eigenvalue weighted by Gasteiger charge is 2.17.